The molecule has 0 radical (unpaired) electrons. The summed E-state index contributed by atoms with van der Waals surface area (Å²) in [6, 6.07) is 0. The minimum atomic E-state index is 0.175. The second-order valence-electron chi connectivity index (χ2n) is 3.48. The van der Waals surface area contributed by atoms with E-state index in [4.69, 9.17) is 22.7 Å². The molecule has 0 heterocycles. The van der Waals surface area contributed by atoms with Crippen molar-refractivity contribution >= 4 is 17.4 Å². The van der Waals surface area contributed by atoms with E-state index in [1.807, 2.05) is 0 Å². The lowest BCUT2D eigenvalue weighted by Gasteiger charge is -2.18. The fraction of sp³-hybridized carbons (Fsp3) is 0.889. The molecule has 0 aliphatic carbocycles. The Hall–Kier alpha value is -0.310. The maximum absolute atomic E-state index is 5.31. The fourth-order valence-electron chi connectivity index (χ4n) is 1.24. The van der Waals surface area contributed by atoms with Gasteiger partial charge in [0, 0.05) is 0 Å². The number of rotatable bonds is 5. The minimum Gasteiger partial charge on any atom is -0.468 e. The quantitative estimate of drug-likeness (QED) is 0.675. The zero-order chi connectivity index (χ0) is 9.56. The highest BCUT2D eigenvalue weighted by Crippen LogP contribution is 2.13. The van der Waals surface area contributed by atoms with Crippen LogP contribution in [0, 0.1) is 5.92 Å². The standard InChI is InChI=1S/C9H19NOS/c1-4-5-8(6-7(2)3)11-9(10)12/h7-8H,4-6H2,1-3H3,(H2,10,12). The van der Waals surface area contributed by atoms with Crippen molar-refractivity contribution in [1.82, 2.24) is 0 Å². The molecule has 2 N–H and O–H groups in total. The first-order chi connectivity index (χ1) is 5.56. The van der Waals surface area contributed by atoms with Crippen LogP contribution in [0.15, 0.2) is 0 Å². The summed E-state index contributed by atoms with van der Waals surface area (Å²) in [5, 5.41) is 0.175. The maximum Gasteiger partial charge on any atom is 0.254 e. The molecule has 0 aliphatic rings. The van der Waals surface area contributed by atoms with E-state index in [-0.39, 0.29) is 11.3 Å². The lowest BCUT2D eigenvalue weighted by atomic mass is 10.0. The van der Waals surface area contributed by atoms with Crippen molar-refractivity contribution in [2.45, 2.75) is 46.1 Å². The number of hydrogen-bond donors (Lipinski definition) is 1. The van der Waals surface area contributed by atoms with E-state index in [1.54, 1.807) is 0 Å². The third-order valence-corrected chi connectivity index (χ3v) is 1.72. The molecule has 1 atom stereocenters. The molecule has 12 heavy (non-hydrogen) atoms. The molecule has 0 amide bonds. The average Bonchev–Trinajstić information content (AvgIpc) is 1.84. The highest BCUT2D eigenvalue weighted by atomic mass is 32.1. The van der Waals surface area contributed by atoms with E-state index < -0.39 is 0 Å². The monoisotopic (exact) mass is 189 g/mol. The van der Waals surface area contributed by atoms with Gasteiger partial charge in [-0.2, -0.15) is 0 Å². The Morgan fingerprint density at radius 1 is 1.50 bits per heavy atom. The summed E-state index contributed by atoms with van der Waals surface area (Å²) in [7, 11) is 0. The summed E-state index contributed by atoms with van der Waals surface area (Å²) in [4.78, 5) is 0. The van der Waals surface area contributed by atoms with Crippen LogP contribution in [0.4, 0.5) is 0 Å². The van der Waals surface area contributed by atoms with E-state index in [1.165, 1.54) is 0 Å². The Morgan fingerprint density at radius 3 is 2.42 bits per heavy atom. The van der Waals surface area contributed by atoms with Gasteiger partial charge in [-0.15, -0.1) is 0 Å². The zero-order valence-electron chi connectivity index (χ0n) is 8.17. The summed E-state index contributed by atoms with van der Waals surface area (Å²) in [6.07, 6.45) is 3.40. The van der Waals surface area contributed by atoms with Crippen LogP contribution < -0.4 is 5.73 Å². The Balaban J connectivity index is 3.77. The van der Waals surface area contributed by atoms with Gasteiger partial charge < -0.3 is 10.5 Å². The van der Waals surface area contributed by atoms with Crippen LogP contribution in [0.2, 0.25) is 0 Å². The van der Waals surface area contributed by atoms with E-state index in [9.17, 15) is 0 Å². The predicted molar refractivity (Wildman–Crippen MR) is 56.0 cm³/mol. The molecule has 0 aromatic heterocycles. The first kappa shape index (κ1) is 11.7. The van der Waals surface area contributed by atoms with Crippen molar-refractivity contribution in [2.24, 2.45) is 11.7 Å². The molecule has 0 spiro atoms. The second-order valence-corrected chi connectivity index (χ2v) is 3.88. The highest BCUT2D eigenvalue weighted by molar-refractivity contribution is 7.80. The lowest BCUT2D eigenvalue weighted by molar-refractivity contribution is 0.153. The molecular formula is C9H19NOS. The van der Waals surface area contributed by atoms with E-state index in [2.05, 4.69) is 20.8 Å². The number of ether oxygens (including phenoxy) is 1. The molecule has 1 unspecified atom stereocenters. The summed E-state index contributed by atoms with van der Waals surface area (Å²) in [5.74, 6) is 0.635. The summed E-state index contributed by atoms with van der Waals surface area (Å²) in [5.41, 5.74) is 5.31. The number of thiocarbonyl (C=S) groups is 1. The Kier molecular flexibility index (Phi) is 6.07. The normalized spacial score (nSPS) is 13.0. The van der Waals surface area contributed by atoms with Crippen LogP contribution in [0.1, 0.15) is 40.0 Å². The smallest absolute Gasteiger partial charge is 0.254 e. The molecule has 0 saturated carbocycles. The van der Waals surface area contributed by atoms with Gasteiger partial charge in [0.25, 0.3) is 5.17 Å². The van der Waals surface area contributed by atoms with Crippen LogP contribution in [0.25, 0.3) is 0 Å². The molecule has 3 heteroatoms. The molecule has 0 bridgehead atoms. The van der Waals surface area contributed by atoms with Crippen molar-refractivity contribution < 1.29 is 4.74 Å². The van der Waals surface area contributed by atoms with Gasteiger partial charge in [0.1, 0.15) is 6.10 Å². The fourth-order valence-corrected chi connectivity index (χ4v) is 1.37. The van der Waals surface area contributed by atoms with Crippen LogP contribution in [-0.4, -0.2) is 11.3 Å². The van der Waals surface area contributed by atoms with E-state index in [0.29, 0.717) is 5.92 Å². The van der Waals surface area contributed by atoms with Gasteiger partial charge in [-0.3, -0.25) is 0 Å². The Labute approximate surface area is 80.5 Å². The topological polar surface area (TPSA) is 35.2 Å². The highest BCUT2D eigenvalue weighted by Gasteiger charge is 2.11. The van der Waals surface area contributed by atoms with Crippen molar-refractivity contribution in [3.05, 3.63) is 0 Å². The second kappa shape index (κ2) is 6.23. The van der Waals surface area contributed by atoms with Crippen molar-refractivity contribution in [2.75, 3.05) is 0 Å². The Morgan fingerprint density at radius 2 is 2.08 bits per heavy atom. The van der Waals surface area contributed by atoms with Gasteiger partial charge in [0.15, 0.2) is 0 Å². The third kappa shape index (κ3) is 6.40. The van der Waals surface area contributed by atoms with Crippen molar-refractivity contribution in [3.63, 3.8) is 0 Å². The van der Waals surface area contributed by atoms with Crippen LogP contribution in [0.5, 0.6) is 0 Å². The molecule has 0 aromatic carbocycles. The van der Waals surface area contributed by atoms with Crippen molar-refractivity contribution in [1.29, 1.82) is 0 Å². The van der Waals surface area contributed by atoms with Gasteiger partial charge in [-0.25, -0.2) is 0 Å². The van der Waals surface area contributed by atoms with Crippen LogP contribution >= 0.6 is 12.2 Å². The van der Waals surface area contributed by atoms with Crippen LogP contribution in [0.3, 0.4) is 0 Å². The number of hydrogen-bond acceptors (Lipinski definition) is 2. The summed E-state index contributed by atoms with van der Waals surface area (Å²) >= 11 is 4.69. The van der Waals surface area contributed by atoms with Gasteiger partial charge in [-0.1, -0.05) is 27.2 Å². The van der Waals surface area contributed by atoms with Gasteiger partial charge in [-0.05, 0) is 31.0 Å². The van der Waals surface area contributed by atoms with Crippen LogP contribution in [-0.2, 0) is 4.74 Å². The lowest BCUT2D eigenvalue weighted by Crippen LogP contribution is -2.23. The average molecular weight is 189 g/mol. The van der Waals surface area contributed by atoms with Gasteiger partial charge in [0.05, 0.1) is 0 Å². The SMILES string of the molecule is CCCC(CC(C)C)OC(N)=S. The first-order valence-corrected chi connectivity index (χ1v) is 4.93. The summed E-state index contributed by atoms with van der Waals surface area (Å²) in [6.45, 7) is 6.48. The largest absolute Gasteiger partial charge is 0.468 e. The zero-order valence-corrected chi connectivity index (χ0v) is 8.99. The first-order valence-electron chi connectivity index (χ1n) is 4.52. The molecule has 2 nitrogen and oxygen atoms in total. The van der Waals surface area contributed by atoms with Gasteiger partial charge >= 0.3 is 0 Å². The minimum absolute atomic E-state index is 0.175. The summed E-state index contributed by atoms with van der Waals surface area (Å²) < 4.78 is 5.31. The predicted octanol–water partition coefficient (Wildman–Crippen LogP) is 2.46. The molecule has 72 valence electrons. The maximum atomic E-state index is 5.31. The molecule has 0 aliphatic heterocycles. The van der Waals surface area contributed by atoms with E-state index >= 15 is 0 Å². The molecular weight excluding hydrogens is 170 g/mol. The van der Waals surface area contributed by atoms with Crippen molar-refractivity contribution in [3.8, 4) is 0 Å². The van der Waals surface area contributed by atoms with E-state index in [0.717, 1.165) is 19.3 Å². The van der Waals surface area contributed by atoms with Gasteiger partial charge in [0.2, 0.25) is 0 Å². The molecule has 0 aromatic rings. The molecule has 0 fully saturated rings. The molecule has 0 rings (SSSR count). The number of nitrogens with two attached hydrogens (primary N) is 1. The third-order valence-electron chi connectivity index (χ3n) is 1.63. The Bertz CT molecular complexity index is 136. The molecule has 0 saturated heterocycles.